The van der Waals surface area contributed by atoms with E-state index < -0.39 is 10.0 Å². The first-order valence-electron chi connectivity index (χ1n) is 7.91. The van der Waals surface area contributed by atoms with Crippen LogP contribution in [0.4, 0.5) is 0 Å². The van der Waals surface area contributed by atoms with E-state index in [1.807, 2.05) is 31.2 Å². The van der Waals surface area contributed by atoms with Crippen molar-refractivity contribution >= 4 is 10.0 Å². The van der Waals surface area contributed by atoms with Crippen LogP contribution in [-0.4, -0.2) is 46.1 Å². The molecule has 0 radical (unpaired) electrons. The van der Waals surface area contributed by atoms with Crippen LogP contribution in [0.1, 0.15) is 5.56 Å². The Kier molecular flexibility index (Phi) is 4.87. The van der Waals surface area contributed by atoms with Crippen LogP contribution < -0.4 is 14.2 Å². The van der Waals surface area contributed by atoms with Gasteiger partial charge in [-0.1, -0.05) is 18.2 Å². The van der Waals surface area contributed by atoms with Gasteiger partial charge in [0.05, 0.1) is 13.7 Å². The Balaban J connectivity index is 1.79. The monoisotopic (exact) mass is 363 g/mol. The highest BCUT2D eigenvalue weighted by molar-refractivity contribution is 7.89. The summed E-state index contributed by atoms with van der Waals surface area (Å²) in [4.78, 5) is 0.148. The van der Waals surface area contributed by atoms with Gasteiger partial charge in [-0.15, -0.1) is 0 Å². The lowest BCUT2D eigenvalue weighted by molar-refractivity contribution is 0.0798. The number of rotatable bonds is 5. The van der Waals surface area contributed by atoms with Gasteiger partial charge in [0.1, 0.15) is 23.4 Å². The Hall–Kier alpha value is -2.25. The van der Waals surface area contributed by atoms with Gasteiger partial charge in [0, 0.05) is 7.05 Å². The number of sulfonamides is 1. The highest BCUT2D eigenvalue weighted by Gasteiger charge is 2.30. The van der Waals surface area contributed by atoms with Crippen LogP contribution in [0.5, 0.6) is 17.2 Å². The molecule has 0 fully saturated rings. The highest BCUT2D eigenvalue weighted by Crippen LogP contribution is 2.32. The molecule has 25 heavy (non-hydrogen) atoms. The molecule has 0 bridgehead atoms. The van der Waals surface area contributed by atoms with E-state index in [2.05, 4.69) is 0 Å². The zero-order valence-electron chi connectivity index (χ0n) is 14.4. The lowest BCUT2D eigenvalue weighted by atomic mass is 10.2. The first-order chi connectivity index (χ1) is 11.9. The molecule has 1 atom stereocenters. The third-order valence-corrected chi connectivity index (χ3v) is 5.88. The molecule has 3 rings (SSSR count). The SMILES string of the molecule is COc1ccc(C)cc1S(=O)(=O)N(C)C[C@H]1COc2ccccc2O1. The van der Waals surface area contributed by atoms with Crippen LogP contribution in [0.15, 0.2) is 47.4 Å². The summed E-state index contributed by atoms with van der Waals surface area (Å²) in [5, 5.41) is 0. The third kappa shape index (κ3) is 3.57. The third-order valence-electron chi connectivity index (χ3n) is 4.04. The number of likely N-dealkylation sites (N-methyl/N-ethyl adjacent to an activating group) is 1. The quantitative estimate of drug-likeness (QED) is 0.816. The second kappa shape index (κ2) is 6.93. The molecular weight excluding hydrogens is 342 g/mol. The maximum atomic E-state index is 12.9. The molecule has 0 aromatic heterocycles. The fraction of sp³-hybridized carbons (Fsp3) is 0.333. The number of nitrogens with zero attached hydrogens (tertiary/aromatic N) is 1. The number of hydrogen-bond donors (Lipinski definition) is 0. The summed E-state index contributed by atoms with van der Waals surface area (Å²) in [7, 11) is -0.722. The molecule has 0 unspecified atom stereocenters. The van der Waals surface area contributed by atoms with Crippen LogP contribution in [0.25, 0.3) is 0 Å². The van der Waals surface area contributed by atoms with Gasteiger partial charge in [-0.2, -0.15) is 4.31 Å². The molecule has 0 spiro atoms. The van der Waals surface area contributed by atoms with Crippen molar-refractivity contribution in [1.82, 2.24) is 4.31 Å². The zero-order valence-corrected chi connectivity index (χ0v) is 15.2. The molecule has 2 aromatic carbocycles. The number of benzene rings is 2. The summed E-state index contributed by atoms with van der Waals surface area (Å²) < 4.78 is 43.8. The predicted octanol–water partition coefficient (Wildman–Crippen LogP) is 2.46. The molecule has 1 aliphatic heterocycles. The van der Waals surface area contributed by atoms with Crippen molar-refractivity contribution < 1.29 is 22.6 Å². The number of hydrogen-bond acceptors (Lipinski definition) is 5. The van der Waals surface area contributed by atoms with E-state index in [1.54, 1.807) is 18.2 Å². The van der Waals surface area contributed by atoms with Gasteiger partial charge < -0.3 is 14.2 Å². The molecule has 2 aromatic rings. The van der Waals surface area contributed by atoms with E-state index >= 15 is 0 Å². The number of ether oxygens (including phenoxy) is 3. The fourth-order valence-corrected chi connectivity index (χ4v) is 4.13. The van der Waals surface area contributed by atoms with Crippen molar-refractivity contribution in [3.63, 3.8) is 0 Å². The summed E-state index contributed by atoms with van der Waals surface area (Å²) >= 11 is 0. The Morgan fingerprint density at radius 1 is 1.20 bits per heavy atom. The lowest BCUT2D eigenvalue weighted by Gasteiger charge is -2.29. The van der Waals surface area contributed by atoms with E-state index in [0.29, 0.717) is 23.9 Å². The van der Waals surface area contributed by atoms with E-state index in [1.165, 1.54) is 18.5 Å². The fourth-order valence-electron chi connectivity index (χ4n) is 2.69. The van der Waals surface area contributed by atoms with Crippen LogP contribution in [0.2, 0.25) is 0 Å². The minimum Gasteiger partial charge on any atom is -0.495 e. The highest BCUT2D eigenvalue weighted by atomic mass is 32.2. The number of fused-ring (bicyclic) bond motifs is 1. The number of para-hydroxylation sites is 2. The summed E-state index contributed by atoms with van der Waals surface area (Å²) in [5.74, 6) is 1.62. The zero-order chi connectivity index (χ0) is 18.0. The van der Waals surface area contributed by atoms with Crippen molar-refractivity contribution in [2.24, 2.45) is 0 Å². The molecule has 0 aliphatic carbocycles. The van der Waals surface area contributed by atoms with Crippen molar-refractivity contribution in [1.29, 1.82) is 0 Å². The molecule has 0 N–H and O–H groups in total. The average molecular weight is 363 g/mol. The van der Waals surface area contributed by atoms with Gasteiger partial charge in [0.25, 0.3) is 0 Å². The maximum Gasteiger partial charge on any atom is 0.246 e. The molecular formula is C18H21NO5S. The van der Waals surface area contributed by atoms with E-state index in [4.69, 9.17) is 14.2 Å². The first kappa shape index (κ1) is 17.6. The van der Waals surface area contributed by atoms with Gasteiger partial charge in [0.15, 0.2) is 11.5 Å². The number of aryl methyl sites for hydroxylation is 1. The van der Waals surface area contributed by atoms with Gasteiger partial charge in [-0.3, -0.25) is 0 Å². The normalized spacial score (nSPS) is 16.7. The van der Waals surface area contributed by atoms with Crippen molar-refractivity contribution in [2.75, 3.05) is 27.3 Å². The Morgan fingerprint density at radius 2 is 1.92 bits per heavy atom. The molecule has 1 aliphatic rings. The Morgan fingerprint density at radius 3 is 2.64 bits per heavy atom. The van der Waals surface area contributed by atoms with Crippen LogP contribution in [-0.2, 0) is 10.0 Å². The molecule has 1 heterocycles. The molecule has 7 heteroatoms. The molecule has 0 amide bonds. The average Bonchev–Trinajstić information content (AvgIpc) is 2.61. The van der Waals surface area contributed by atoms with E-state index in [9.17, 15) is 8.42 Å². The minimum atomic E-state index is -3.71. The molecule has 6 nitrogen and oxygen atoms in total. The van der Waals surface area contributed by atoms with Crippen molar-refractivity contribution in [3.05, 3.63) is 48.0 Å². The summed E-state index contributed by atoms with van der Waals surface area (Å²) in [6.45, 7) is 2.31. The van der Waals surface area contributed by atoms with E-state index in [0.717, 1.165) is 5.56 Å². The Bertz CT molecular complexity index is 866. The smallest absolute Gasteiger partial charge is 0.246 e. The second-order valence-electron chi connectivity index (χ2n) is 5.94. The standard InChI is InChI=1S/C18H21NO5S/c1-13-8-9-17(22-3)18(10-13)25(20,21)19(2)11-14-12-23-15-6-4-5-7-16(15)24-14/h4-10,14H,11-12H2,1-3H3/t14-/m0/s1. The van der Waals surface area contributed by atoms with Crippen LogP contribution in [0, 0.1) is 6.92 Å². The largest absolute Gasteiger partial charge is 0.495 e. The van der Waals surface area contributed by atoms with E-state index in [-0.39, 0.29) is 17.5 Å². The Labute approximate surface area is 148 Å². The lowest BCUT2D eigenvalue weighted by Crippen LogP contribution is -2.41. The van der Waals surface area contributed by atoms with Gasteiger partial charge >= 0.3 is 0 Å². The summed E-state index contributed by atoms with van der Waals surface area (Å²) in [6, 6.07) is 12.4. The number of methoxy groups -OCH3 is 1. The summed E-state index contributed by atoms with van der Waals surface area (Å²) in [6.07, 6.45) is -0.384. The second-order valence-corrected chi connectivity index (χ2v) is 7.95. The van der Waals surface area contributed by atoms with Gasteiger partial charge in [-0.25, -0.2) is 8.42 Å². The topological polar surface area (TPSA) is 65.1 Å². The van der Waals surface area contributed by atoms with Crippen LogP contribution >= 0.6 is 0 Å². The first-order valence-corrected chi connectivity index (χ1v) is 9.35. The van der Waals surface area contributed by atoms with Gasteiger partial charge in [-0.05, 0) is 36.8 Å². The van der Waals surface area contributed by atoms with Crippen molar-refractivity contribution in [2.45, 2.75) is 17.9 Å². The van der Waals surface area contributed by atoms with Crippen molar-refractivity contribution in [3.8, 4) is 17.2 Å². The predicted molar refractivity (Wildman–Crippen MR) is 93.9 cm³/mol. The molecule has 0 saturated carbocycles. The van der Waals surface area contributed by atoms with Gasteiger partial charge in [0.2, 0.25) is 10.0 Å². The molecule has 134 valence electrons. The summed E-state index contributed by atoms with van der Waals surface area (Å²) in [5.41, 5.74) is 0.846. The minimum absolute atomic E-state index is 0.148. The maximum absolute atomic E-state index is 12.9. The van der Waals surface area contributed by atoms with Crippen LogP contribution in [0.3, 0.4) is 0 Å². The molecule has 0 saturated heterocycles.